The molecule has 0 atom stereocenters. The van der Waals surface area contributed by atoms with Crippen LogP contribution < -0.4 is 15.8 Å². The molecule has 0 bridgehead atoms. The van der Waals surface area contributed by atoms with Crippen LogP contribution in [0.25, 0.3) is 0 Å². The number of nitrogens with zero attached hydrogens (tertiary/aromatic N) is 1. The topological polar surface area (TPSA) is 84.7 Å². The number of nitrogens with one attached hydrogen (secondary N) is 1. The summed E-state index contributed by atoms with van der Waals surface area (Å²) in [4.78, 5) is 27.3. The highest BCUT2D eigenvalue weighted by atomic mass is 32.1. The number of hydrogen-bond acceptors (Lipinski definition) is 5. The molecule has 7 heteroatoms. The number of primary amides is 1. The number of hydrogen-bond donors (Lipinski definition) is 2. The van der Waals surface area contributed by atoms with Crippen LogP contribution in [0.3, 0.4) is 0 Å². The summed E-state index contributed by atoms with van der Waals surface area (Å²) < 4.78 is 5.33. The minimum atomic E-state index is -0.570. The highest BCUT2D eigenvalue weighted by Crippen LogP contribution is 2.21. The molecule has 1 aliphatic heterocycles. The second-order valence-corrected chi connectivity index (χ2v) is 7.79. The molecule has 0 saturated carbocycles. The van der Waals surface area contributed by atoms with Gasteiger partial charge in [0, 0.05) is 18.0 Å². The van der Waals surface area contributed by atoms with Crippen molar-refractivity contribution in [3.05, 3.63) is 52.2 Å². The second kappa shape index (κ2) is 9.53. The third-order valence-corrected chi connectivity index (χ3v) is 5.58. The van der Waals surface area contributed by atoms with Gasteiger partial charge in [0.15, 0.2) is 6.61 Å². The van der Waals surface area contributed by atoms with E-state index in [4.69, 9.17) is 10.5 Å². The van der Waals surface area contributed by atoms with Crippen LogP contribution >= 0.6 is 11.3 Å². The molecular weight excluding hydrogens is 362 g/mol. The highest BCUT2D eigenvalue weighted by molar-refractivity contribution is 7.09. The number of piperidine rings is 1. The standard InChI is InChI=1S/C20H25N3O3S/c21-19(24)14-26-18-6-2-1-5-17(18)20(25)22-12-15-7-9-23(10-8-15)13-16-4-3-11-27-16/h1-6,11,15H,7-10,12-14H2,(H2,21,24)(H,22,25). The van der Waals surface area contributed by atoms with Gasteiger partial charge in [-0.25, -0.2) is 0 Å². The molecule has 3 rings (SSSR count). The molecular formula is C20H25N3O3S. The normalized spacial score (nSPS) is 15.4. The molecule has 144 valence electrons. The highest BCUT2D eigenvalue weighted by Gasteiger charge is 2.21. The zero-order chi connectivity index (χ0) is 19.1. The smallest absolute Gasteiger partial charge is 0.255 e. The molecule has 1 saturated heterocycles. The fourth-order valence-corrected chi connectivity index (χ4v) is 3.98. The van der Waals surface area contributed by atoms with Gasteiger partial charge in [0.25, 0.3) is 11.8 Å². The summed E-state index contributed by atoms with van der Waals surface area (Å²) in [5.74, 6) is 0.0995. The Kier molecular flexibility index (Phi) is 6.84. The third kappa shape index (κ3) is 5.80. The summed E-state index contributed by atoms with van der Waals surface area (Å²) in [6, 6.07) is 11.2. The quantitative estimate of drug-likeness (QED) is 0.728. The van der Waals surface area contributed by atoms with Crippen LogP contribution in [0.5, 0.6) is 5.75 Å². The van der Waals surface area contributed by atoms with Crippen molar-refractivity contribution in [1.82, 2.24) is 10.2 Å². The minimum absolute atomic E-state index is 0.184. The van der Waals surface area contributed by atoms with Gasteiger partial charge in [0.2, 0.25) is 0 Å². The molecule has 1 aliphatic rings. The molecule has 0 aliphatic carbocycles. The van der Waals surface area contributed by atoms with E-state index in [1.54, 1.807) is 35.6 Å². The van der Waals surface area contributed by atoms with E-state index >= 15 is 0 Å². The van der Waals surface area contributed by atoms with E-state index in [0.29, 0.717) is 23.8 Å². The van der Waals surface area contributed by atoms with E-state index in [1.165, 1.54) is 4.88 Å². The van der Waals surface area contributed by atoms with Gasteiger partial charge >= 0.3 is 0 Å². The predicted molar refractivity (Wildman–Crippen MR) is 106 cm³/mol. The number of carbonyl (C=O) groups is 2. The van der Waals surface area contributed by atoms with Crippen LogP contribution in [0.15, 0.2) is 41.8 Å². The van der Waals surface area contributed by atoms with E-state index in [0.717, 1.165) is 32.5 Å². The first-order chi connectivity index (χ1) is 13.1. The van der Waals surface area contributed by atoms with E-state index in [9.17, 15) is 9.59 Å². The Morgan fingerprint density at radius 2 is 1.96 bits per heavy atom. The lowest BCUT2D eigenvalue weighted by Gasteiger charge is -2.31. The monoisotopic (exact) mass is 387 g/mol. The molecule has 1 aromatic heterocycles. The van der Waals surface area contributed by atoms with Crippen LogP contribution in [0.2, 0.25) is 0 Å². The zero-order valence-electron chi connectivity index (χ0n) is 15.2. The first-order valence-electron chi connectivity index (χ1n) is 9.15. The molecule has 1 fully saturated rings. The molecule has 0 unspecified atom stereocenters. The molecule has 0 radical (unpaired) electrons. The largest absolute Gasteiger partial charge is 0.483 e. The summed E-state index contributed by atoms with van der Waals surface area (Å²) in [6.45, 7) is 3.53. The number of nitrogens with two attached hydrogens (primary N) is 1. The van der Waals surface area contributed by atoms with E-state index in [1.807, 2.05) is 0 Å². The Labute approximate surface area is 163 Å². The molecule has 27 heavy (non-hydrogen) atoms. The number of likely N-dealkylation sites (tertiary alicyclic amines) is 1. The Hall–Kier alpha value is -2.38. The fourth-order valence-electron chi connectivity index (χ4n) is 3.23. The lowest BCUT2D eigenvalue weighted by atomic mass is 9.96. The molecule has 3 N–H and O–H groups in total. The first kappa shape index (κ1) is 19.4. The summed E-state index contributed by atoms with van der Waals surface area (Å²) >= 11 is 1.80. The average molecular weight is 388 g/mol. The van der Waals surface area contributed by atoms with Crippen molar-refractivity contribution in [3.8, 4) is 5.75 Å². The van der Waals surface area contributed by atoms with Gasteiger partial charge in [0.1, 0.15) is 5.75 Å². The van der Waals surface area contributed by atoms with Crippen LogP contribution in [0.4, 0.5) is 0 Å². The summed E-state index contributed by atoms with van der Waals surface area (Å²) in [6.07, 6.45) is 2.15. The van der Waals surface area contributed by atoms with E-state index in [-0.39, 0.29) is 12.5 Å². The average Bonchev–Trinajstić information content (AvgIpc) is 3.19. The van der Waals surface area contributed by atoms with Gasteiger partial charge in [-0.1, -0.05) is 18.2 Å². The lowest BCUT2D eigenvalue weighted by molar-refractivity contribution is -0.119. The van der Waals surface area contributed by atoms with Crippen molar-refractivity contribution in [1.29, 1.82) is 0 Å². The number of para-hydroxylation sites is 1. The van der Waals surface area contributed by atoms with Gasteiger partial charge in [0.05, 0.1) is 5.56 Å². The van der Waals surface area contributed by atoms with Crippen LogP contribution in [0.1, 0.15) is 28.1 Å². The Balaban J connectivity index is 1.45. The van der Waals surface area contributed by atoms with Crippen molar-refractivity contribution in [2.24, 2.45) is 11.7 Å². The van der Waals surface area contributed by atoms with Gasteiger partial charge < -0.3 is 15.8 Å². The number of rotatable bonds is 8. The van der Waals surface area contributed by atoms with Gasteiger partial charge in [-0.15, -0.1) is 11.3 Å². The van der Waals surface area contributed by atoms with Crippen LogP contribution in [-0.4, -0.2) is 43.0 Å². The number of benzene rings is 1. The third-order valence-electron chi connectivity index (χ3n) is 4.72. The summed E-state index contributed by atoms with van der Waals surface area (Å²) in [5, 5.41) is 5.12. The first-order valence-corrected chi connectivity index (χ1v) is 10.0. The van der Waals surface area contributed by atoms with Crippen LogP contribution in [0, 0.1) is 5.92 Å². The van der Waals surface area contributed by atoms with Crippen LogP contribution in [-0.2, 0) is 11.3 Å². The number of thiophene rings is 1. The maximum atomic E-state index is 12.5. The van der Waals surface area contributed by atoms with Crippen molar-refractivity contribution >= 4 is 23.2 Å². The Morgan fingerprint density at radius 3 is 2.67 bits per heavy atom. The predicted octanol–water partition coefficient (Wildman–Crippen LogP) is 2.25. The summed E-state index contributed by atoms with van der Waals surface area (Å²) in [7, 11) is 0. The van der Waals surface area contributed by atoms with Gasteiger partial charge in [-0.3, -0.25) is 14.5 Å². The molecule has 1 aromatic carbocycles. The Bertz CT molecular complexity index is 756. The maximum Gasteiger partial charge on any atom is 0.255 e. The van der Waals surface area contributed by atoms with Crippen molar-refractivity contribution in [2.45, 2.75) is 19.4 Å². The number of amides is 2. The molecule has 2 heterocycles. The minimum Gasteiger partial charge on any atom is -0.483 e. The summed E-state index contributed by atoms with van der Waals surface area (Å²) in [5.41, 5.74) is 5.53. The number of carbonyl (C=O) groups excluding carboxylic acids is 2. The van der Waals surface area contributed by atoms with Crippen molar-refractivity contribution in [2.75, 3.05) is 26.2 Å². The molecule has 0 spiro atoms. The lowest BCUT2D eigenvalue weighted by Crippen LogP contribution is -2.38. The molecule has 2 aromatic rings. The second-order valence-electron chi connectivity index (χ2n) is 6.76. The molecule has 2 amide bonds. The maximum absolute atomic E-state index is 12.5. The SMILES string of the molecule is NC(=O)COc1ccccc1C(=O)NCC1CCN(Cc2cccs2)CC1. The van der Waals surface area contributed by atoms with Crippen molar-refractivity contribution < 1.29 is 14.3 Å². The van der Waals surface area contributed by atoms with Gasteiger partial charge in [-0.2, -0.15) is 0 Å². The number of ether oxygens (including phenoxy) is 1. The Morgan fingerprint density at radius 1 is 1.19 bits per heavy atom. The van der Waals surface area contributed by atoms with Crippen molar-refractivity contribution in [3.63, 3.8) is 0 Å². The molecule has 6 nitrogen and oxygen atoms in total. The zero-order valence-corrected chi connectivity index (χ0v) is 16.0. The van der Waals surface area contributed by atoms with Gasteiger partial charge in [-0.05, 0) is 55.4 Å². The van der Waals surface area contributed by atoms with E-state index in [2.05, 4.69) is 27.7 Å². The fraction of sp³-hybridized carbons (Fsp3) is 0.400. The van der Waals surface area contributed by atoms with E-state index < -0.39 is 5.91 Å².